The normalized spacial score (nSPS) is 27.6. The predicted molar refractivity (Wildman–Crippen MR) is 89.9 cm³/mol. The van der Waals surface area contributed by atoms with Gasteiger partial charge in [0, 0.05) is 6.54 Å². The molecule has 0 spiro atoms. The lowest BCUT2D eigenvalue weighted by Gasteiger charge is -2.28. The van der Waals surface area contributed by atoms with E-state index in [-0.39, 0.29) is 19.0 Å². The first-order valence-electron chi connectivity index (χ1n) is 8.41. The third-order valence-corrected chi connectivity index (χ3v) is 4.78. The summed E-state index contributed by atoms with van der Waals surface area (Å²) in [4.78, 5) is 4.27. The van der Waals surface area contributed by atoms with Gasteiger partial charge in [-0.25, -0.2) is 9.18 Å². The van der Waals surface area contributed by atoms with Gasteiger partial charge in [-0.1, -0.05) is 13.3 Å². The molecule has 1 aliphatic rings. The number of likely N-dealkylation sites (tertiary alicyclic amines) is 1. The van der Waals surface area contributed by atoms with E-state index in [9.17, 15) is 28.8 Å². The van der Waals surface area contributed by atoms with Gasteiger partial charge < -0.3 is 25.5 Å². The molecular weight excluding hydrogens is 372 g/mol. The van der Waals surface area contributed by atoms with Gasteiger partial charge >= 0.3 is 16.3 Å². The van der Waals surface area contributed by atoms with Crippen molar-refractivity contribution in [2.24, 2.45) is 0 Å². The molecule has 0 amide bonds. The van der Waals surface area contributed by atoms with E-state index >= 15 is 0 Å². The van der Waals surface area contributed by atoms with Crippen molar-refractivity contribution < 1.29 is 47.7 Å². The Hall–Kier alpha value is -0.860. The Morgan fingerprint density at radius 1 is 1.38 bits per heavy atom. The fourth-order valence-corrected chi connectivity index (χ4v) is 3.41. The number of rotatable bonds is 11. The first kappa shape index (κ1) is 23.2. The molecule has 0 aromatic carbocycles. The average molecular weight is 401 g/mol. The van der Waals surface area contributed by atoms with Crippen LogP contribution >= 0.6 is 0 Å². The molecule has 1 saturated heterocycles. The van der Waals surface area contributed by atoms with Crippen molar-refractivity contribution in [3.05, 3.63) is 0 Å². The minimum absolute atomic E-state index is 0.0120. The third kappa shape index (κ3) is 7.04. The highest BCUT2D eigenvalue weighted by Gasteiger charge is 2.45. The smallest absolute Gasteiger partial charge is 0.397 e. The van der Waals surface area contributed by atoms with Crippen molar-refractivity contribution in [1.29, 1.82) is 0 Å². The summed E-state index contributed by atoms with van der Waals surface area (Å²) in [5, 5.41) is 48.9. The van der Waals surface area contributed by atoms with E-state index in [1.807, 2.05) is 6.92 Å². The number of hydrogen-bond donors (Lipinski definition) is 7. The minimum atomic E-state index is -4.87. The van der Waals surface area contributed by atoms with E-state index in [1.54, 1.807) is 0 Å². The van der Waals surface area contributed by atoms with Crippen LogP contribution in [0, 0.1) is 0 Å². The van der Waals surface area contributed by atoms with E-state index in [1.165, 1.54) is 4.90 Å². The van der Waals surface area contributed by atoms with Gasteiger partial charge in [0.1, 0.15) is 12.2 Å². The van der Waals surface area contributed by atoms with Crippen LogP contribution in [0.2, 0.25) is 0 Å². The van der Waals surface area contributed by atoms with E-state index in [0.29, 0.717) is 6.42 Å². The van der Waals surface area contributed by atoms with Gasteiger partial charge in [-0.2, -0.15) is 8.42 Å². The van der Waals surface area contributed by atoms with E-state index in [0.717, 1.165) is 12.8 Å². The Bertz CT molecular complexity index is 557. The van der Waals surface area contributed by atoms with Gasteiger partial charge in [-0.05, 0) is 6.42 Å². The number of nitrogens with zero attached hydrogens (tertiary/aromatic N) is 1. The number of hydrogen-bond acceptors (Lipinski definition) is 8. The number of nitrogens with one attached hydrogen (secondary N) is 1. The summed E-state index contributed by atoms with van der Waals surface area (Å²) >= 11 is 0. The molecular formula is C14H29N2O9S+. The first-order chi connectivity index (χ1) is 12.1. The van der Waals surface area contributed by atoms with Crippen molar-refractivity contribution in [3.63, 3.8) is 0 Å². The second-order valence-corrected chi connectivity index (χ2v) is 7.36. The monoisotopic (exact) mass is 401 g/mol. The summed E-state index contributed by atoms with van der Waals surface area (Å²) < 4.78 is 34.4. The van der Waals surface area contributed by atoms with Crippen LogP contribution in [-0.4, -0.2) is 106 Å². The fourth-order valence-electron chi connectivity index (χ4n) is 2.91. The van der Waals surface area contributed by atoms with E-state index < -0.39 is 54.0 Å². The number of β-amino-alcohol motifs (C(OH)–C–C–N with tert-alkyl or cyclic N) is 1. The summed E-state index contributed by atoms with van der Waals surface area (Å²) in [5.41, 5.74) is 0. The topological polar surface area (TPSA) is 182 Å². The Morgan fingerprint density at radius 2 is 2.04 bits per heavy atom. The SMILES string of the molecule is CCCCC(O)=[NH+][C@@H]1CN(C[C@@H](O)[C@H](CO)OS(=O)(=O)O)[C@H](CO)[C@H]1O. The molecule has 1 heterocycles. The highest BCUT2D eigenvalue weighted by atomic mass is 32.3. The van der Waals surface area contributed by atoms with Crippen LogP contribution in [0.5, 0.6) is 0 Å². The maximum Gasteiger partial charge on any atom is 0.397 e. The molecule has 1 rings (SSSR count). The van der Waals surface area contributed by atoms with Crippen molar-refractivity contribution in [2.75, 3.05) is 26.3 Å². The highest BCUT2D eigenvalue weighted by molar-refractivity contribution is 7.80. The zero-order valence-electron chi connectivity index (χ0n) is 14.6. The molecule has 1 aliphatic heterocycles. The number of unbranched alkanes of at least 4 members (excludes halogenated alkanes) is 1. The minimum Gasteiger partial charge on any atom is -0.464 e. The van der Waals surface area contributed by atoms with Crippen LogP contribution in [0.1, 0.15) is 26.2 Å². The second-order valence-electron chi connectivity index (χ2n) is 6.31. The summed E-state index contributed by atoms with van der Waals surface area (Å²) in [5.74, 6) is 0.0120. The molecule has 0 saturated carbocycles. The van der Waals surface area contributed by atoms with Crippen molar-refractivity contribution in [2.45, 2.75) is 56.6 Å². The lowest BCUT2D eigenvalue weighted by Crippen LogP contribution is -2.83. The lowest BCUT2D eigenvalue weighted by atomic mass is 10.1. The molecule has 0 aromatic rings. The summed E-state index contributed by atoms with van der Waals surface area (Å²) in [6.07, 6.45) is -2.10. The number of aliphatic hydroxyl groups is 5. The van der Waals surface area contributed by atoms with Gasteiger partial charge in [0.15, 0.2) is 6.04 Å². The van der Waals surface area contributed by atoms with Crippen LogP contribution in [-0.2, 0) is 14.6 Å². The Labute approximate surface area is 152 Å². The zero-order chi connectivity index (χ0) is 19.9. The largest absolute Gasteiger partial charge is 0.464 e. The molecule has 5 atom stereocenters. The molecule has 7 N–H and O–H groups in total. The van der Waals surface area contributed by atoms with Crippen LogP contribution < -0.4 is 4.99 Å². The molecule has 12 heteroatoms. The van der Waals surface area contributed by atoms with Crippen LogP contribution in [0.4, 0.5) is 0 Å². The maximum atomic E-state index is 10.8. The molecule has 11 nitrogen and oxygen atoms in total. The second kappa shape index (κ2) is 10.5. The summed E-state index contributed by atoms with van der Waals surface area (Å²) in [7, 11) is -4.87. The molecule has 154 valence electrons. The standard InChI is InChI=1S/C14H28N2O9S/c1-2-3-4-13(20)15-9-5-16(10(7-17)14(9)21)6-11(19)12(8-18)25-26(22,23)24/h9-12,14,17-19,21H,2-8H2,1H3,(H,15,20)(H,22,23,24)/p+1/t9-,10-,11-,12+,14+/m1/s1. The van der Waals surface area contributed by atoms with Gasteiger partial charge in [0.05, 0.1) is 38.3 Å². The Balaban J connectivity index is 2.78. The van der Waals surface area contributed by atoms with Crippen LogP contribution in [0.15, 0.2) is 0 Å². The fraction of sp³-hybridized carbons (Fsp3) is 0.929. The zero-order valence-corrected chi connectivity index (χ0v) is 15.4. The van der Waals surface area contributed by atoms with Gasteiger partial charge in [-0.3, -0.25) is 9.45 Å². The van der Waals surface area contributed by atoms with Crippen molar-refractivity contribution >= 4 is 16.3 Å². The van der Waals surface area contributed by atoms with Crippen LogP contribution in [0.3, 0.4) is 0 Å². The summed E-state index contributed by atoms with van der Waals surface area (Å²) in [6.45, 7) is 0.564. The van der Waals surface area contributed by atoms with E-state index in [4.69, 9.17) is 9.66 Å². The molecule has 1 fully saturated rings. The summed E-state index contributed by atoms with van der Waals surface area (Å²) in [6, 6.07) is -1.38. The predicted octanol–water partition coefficient (Wildman–Crippen LogP) is -3.84. The van der Waals surface area contributed by atoms with Gasteiger partial charge in [0.2, 0.25) is 0 Å². The van der Waals surface area contributed by atoms with Crippen molar-refractivity contribution in [3.8, 4) is 0 Å². The lowest BCUT2D eigenvalue weighted by molar-refractivity contribution is -0.519. The molecule has 0 aliphatic carbocycles. The molecule has 0 unspecified atom stereocenters. The Morgan fingerprint density at radius 3 is 2.54 bits per heavy atom. The molecule has 26 heavy (non-hydrogen) atoms. The quantitative estimate of drug-likeness (QED) is 0.103. The Kier molecular flexibility index (Phi) is 9.33. The van der Waals surface area contributed by atoms with E-state index in [2.05, 4.69) is 9.18 Å². The average Bonchev–Trinajstić information content (AvgIpc) is 2.84. The van der Waals surface area contributed by atoms with Crippen LogP contribution in [0.25, 0.3) is 0 Å². The molecule has 0 radical (unpaired) electrons. The number of aliphatic hydroxyl groups excluding tert-OH is 5. The highest BCUT2D eigenvalue weighted by Crippen LogP contribution is 2.18. The van der Waals surface area contributed by atoms with Gasteiger partial charge in [0.25, 0.3) is 0 Å². The molecule has 0 aromatic heterocycles. The van der Waals surface area contributed by atoms with Gasteiger partial charge in [-0.15, -0.1) is 0 Å². The molecule has 0 bridgehead atoms. The maximum absolute atomic E-state index is 10.8. The third-order valence-electron chi connectivity index (χ3n) is 4.29. The first-order valence-corrected chi connectivity index (χ1v) is 9.78. The van der Waals surface area contributed by atoms with Crippen molar-refractivity contribution in [1.82, 2.24) is 4.90 Å².